The summed E-state index contributed by atoms with van der Waals surface area (Å²) in [5.41, 5.74) is 5.58. The van der Waals surface area contributed by atoms with Gasteiger partial charge in [0.15, 0.2) is 0 Å². The van der Waals surface area contributed by atoms with Crippen LogP contribution in [0, 0.1) is 17.0 Å². The van der Waals surface area contributed by atoms with Crippen molar-refractivity contribution >= 4 is 5.69 Å². The molecule has 0 aliphatic rings. The first kappa shape index (κ1) is 12.4. The first-order valence-corrected chi connectivity index (χ1v) is 5.05. The minimum absolute atomic E-state index is 0.000162. The molecule has 0 atom stereocenters. The Labute approximate surface area is 93.3 Å². The fourth-order valence-electron chi connectivity index (χ4n) is 1.37. The third kappa shape index (κ3) is 2.30. The molecule has 1 heterocycles. The lowest BCUT2D eigenvalue weighted by Gasteiger charge is -2.10. The molecule has 90 valence electrons. The van der Waals surface area contributed by atoms with Crippen LogP contribution in [0.4, 0.5) is 5.69 Å². The monoisotopic (exact) mass is 228 g/mol. The number of aryl methyl sites for hydroxylation is 1. The molecule has 0 saturated carbocycles. The van der Waals surface area contributed by atoms with E-state index in [4.69, 9.17) is 10.5 Å². The molecule has 7 heteroatoms. The van der Waals surface area contributed by atoms with Crippen molar-refractivity contribution in [3.63, 3.8) is 0 Å². The summed E-state index contributed by atoms with van der Waals surface area (Å²) in [5.74, 6) is 0.183. The third-order valence-corrected chi connectivity index (χ3v) is 2.04. The molecular formula is C9H16N4O3. The van der Waals surface area contributed by atoms with Crippen molar-refractivity contribution in [2.24, 2.45) is 5.73 Å². The first-order valence-electron chi connectivity index (χ1n) is 5.05. The van der Waals surface area contributed by atoms with Crippen molar-refractivity contribution in [2.75, 3.05) is 13.2 Å². The van der Waals surface area contributed by atoms with Crippen LogP contribution >= 0.6 is 0 Å². The highest BCUT2D eigenvalue weighted by molar-refractivity contribution is 5.45. The van der Waals surface area contributed by atoms with Gasteiger partial charge in [-0.2, -0.15) is 5.10 Å². The minimum atomic E-state index is -0.479. The van der Waals surface area contributed by atoms with Crippen molar-refractivity contribution in [3.8, 4) is 5.88 Å². The SMILES string of the molecule is Cc1nn(C(C)C)c(OCCN)c1[N+](=O)[O-]. The zero-order valence-electron chi connectivity index (χ0n) is 9.64. The third-order valence-electron chi connectivity index (χ3n) is 2.04. The predicted molar refractivity (Wildman–Crippen MR) is 58.6 cm³/mol. The second kappa shape index (κ2) is 4.93. The summed E-state index contributed by atoms with van der Waals surface area (Å²) >= 11 is 0. The van der Waals surface area contributed by atoms with Crippen LogP contribution in [-0.2, 0) is 0 Å². The largest absolute Gasteiger partial charge is 0.472 e. The highest BCUT2D eigenvalue weighted by Crippen LogP contribution is 2.32. The van der Waals surface area contributed by atoms with E-state index in [1.54, 1.807) is 6.92 Å². The fraction of sp³-hybridized carbons (Fsp3) is 0.667. The van der Waals surface area contributed by atoms with Crippen LogP contribution in [0.5, 0.6) is 5.88 Å². The van der Waals surface area contributed by atoms with Crippen LogP contribution in [-0.4, -0.2) is 27.9 Å². The van der Waals surface area contributed by atoms with E-state index in [1.165, 1.54) is 4.68 Å². The normalized spacial score (nSPS) is 10.8. The molecule has 0 radical (unpaired) electrons. The van der Waals surface area contributed by atoms with E-state index in [1.807, 2.05) is 13.8 Å². The van der Waals surface area contributed by atoms with E-state index < -0.39 is 4.92 Å². The second-order valence-electron chi connectivity index (χ2n) is 3.67. The van der Waals surface area contributed by atoms with E-state index in [2.05, 4.69) is 5.10 Å². The lowest BCUT2D eigenvalue weighted by molar-refractivity contribution is -0.386. The second-order valence-corrected chi connectivity index (χ2v) is 3.67. The Hall–Kier alpha value is -1.63. The molecule has 1 aromatic rings. The molecule has 16 heavy (non-hydrogen) atoms. The van der Waals surface area contributed by atoms with Crippen LogP contribution in [0.25, 0.3) is 0 Å². The molecule has 7 nitrogen and oxygen atoms in total. The number of nitro groups is 1. The van der Waals surface area contributed by atoms with Gasteiger partial charge in [0.1, 0.15) is 12.3 Å². The molecule has 2 N–H and O–H groups in total. The summed E-state index contributed by atoms with van der Waals surface area (Å²) in [5, 5.41) is 15.0. The first-order chi connectivity index (χ1) is 7.49. The topological polar surface area (TPSA) is 96.2 Å². The number of nitrogens with zero attached hydrogens (tertiary/aromatic N) is 3. The average molecular weight is 228 g/mol. The fourth-order valence-corrected chi connectivity index (χ4v) is 1.37. The molecule has 0 saturated heterocycles. The zero-order valence-corrected chi connectivity index (χ0v) is 9.64. The maximum Gasteiger partial charge on any atom is 0.353 e. The minimum Gasteiger partial charge on any atom is -0.472 e. The number of ether oxygens (including phenoxy) is 1. The quantitative estimate of drug-likeness (QED) is 0.599. The van der Waals surface area contributed by atoms with Crippen LogP contribution in [0.15, 0.2) is 0 Å². The molecule has 0 bridgehead atoms. The van der Waals surface area contributed by atoms with Crippen LogP contribution in [0.3, 0.4) is 0 Å². The number of aromatic nitrogens is 2. The maximum atomic E-state index is 10.9. The van der Waals surface area contributed by atoms with Gasteiger partial charge in [0.05, 0.1) is 11.0 Å². The van der Waals surface area contributed by atoms with Crippen molar-refractivity contribution < 1.29 is 9.66 Å². The Morgan fingerprint density at radius 3 is 2.69 bits per heavy atom. The standard InChI is InChI=1S/C9H16N4O3/c1-6(2)12-9(16-5-4-10)8(13(14)15)7(3)11-12/h6H,4-5,10H2,1-3H3. The molecule has 0 aromatic carbocycles. The Morgan fingerprint density at radius 1 is 1.62 bits per heavy atom. The van der Waals surface area contributed by atoms with Gasteiger partial charge >= 0.3 is 5.69 Å². The van der Waals surface area contributed by atoms with E-state index in [9.17, 15) is 10.1 Å². The summed E-state index contributed by atoms with van der Waals surface area (Å²) in [6, 6.07) is 0.000162. The Balaban J connectivity index is 3.20. The van der Waals surface area contributed by atoms with E-state index in [-0.39, 0.29) is 24.2 Å². The predicted octanol–water partition coefficient (Wildman–Crippen LogP) is 1.02. The number of rotatable bonds is 5. The molecular weight excluding hydrogens is 212 g/mol. The lowest BCUT2D eigenvalue weighted by Crippen LogP contribution is -2.14. The van der Waals surface area contributed by atoms with Gasteiger partial charge in [0, 0.05) is 6.54 Å². The molecule has 1 aromatic heterocycles. The van der Waals surface area contributed by atoms with Gasteiger partial charge in [0.2, 0.25) is 0 Å². The summed E-state index contributed by atoms with van der Waals surface area (Å²) in [6.45, 7) is 5.89. The molecule has 0 aliphatic heterocycles. The molecule has 0 amide bonds. The van der Waals surface area contributed by atoms with Crippen molar-refractivity contribution in [3.05, 3.63) is 15.8 Å². The van der Waals surface area contributed by atoms with Crippen LogP contribution in [0.2, 0.25) is 0 Å². The van der Waals surface area contributed by atoms with Crippen molar-refractivity contribution in [2.45, 2.75) is 26.8 Å². The summed E-state index contributed by atoms with van der Waals surface area (Å²) in [6.07, 6.45) is 0. The van der Waals surface area contributed by atoms with Gasteiger partial charge in [-0.3, -0.25) is 10.1 Å². The van der Waals surface area contributed by atoms with E-state index >= 15 is 0 Å². The Bertz CT molecular complexity index is 386. The number of hydrogen-bond donors (Lipinski definition) is 1. The highest BCUT2D eigenvalue weighted by Gasteiger charge is 2.27. The number of nitrogens with two attached hydrogens (primary N) is 1. The molecule has 1 rings (SSSR count). The average Bonchev–Trinajstić information content (AvgIpc) is 2.52. The van der Waals surface area contributed by atoms with Gasteiger partial charge in [-0.05, 0) is 20.8 Å². The van der Waals surface area contributed by atoms with Crippen molar-refractivity contribution in [1.29, 1.82) is 0 Å². The van der Waals surface area contributed by atoms with Gasteiger partial charge in [-0.15, -0.1) is 0 Å². The molecule has 0 spiro atoms. The van der Waals surface area contributed by atoms with Gasteiger partial charge < -0.3 is 10.5 Å². The molecule has 0 unspecified atom stereocenters. The summed E-state index contributed by atoms with van der Waals surface area (Å²) in [7, 11) is 0. The van der Waals surface area contributed by atoms with Gasteiger partial charge in [-0.25, -0.2) is 4.68 Å². The smallest absolute Gasteiger partial charge is 0.353 e. The van der Waals surface area contributed by atoms with Crippen LogP contribution in [0.1, 0.15) is 25.6 Å². The van der Waals surface area contributed by atoms with Crippen molar-refractivity contribution in [1.82, 2.24) is 9.78 Å². The summed E-state index contributed by atoms with van der Waals surface area (Å²) in [4.78, 5) is 10.4. The van der Waals surface area contributed by atoms with E-state index in [0.29, 0.717) is 12.2 Å². The lowest BCUT2D eigenvalue weighted by atomic mass is 10.4. The van der Waals surface area contributed by atoms with Gasteiger partial charge in [-0.1, -0.05) is 0 Å². The van der Waals surface area contributed by atoms with Crippen LogP contribution < -0.4 is 10.5 Å². The van der Waals surface area contributed by atoms with E-state index in [0.717, 1.165) is 0 Å². The molecule has 0 aliphatic carbocycles. The zero-order chi connectivity index (χ0) is 12.3. The summed E-state index contributed by atoms with van der Waals surface area (Å²) < 4.78 is 6.80. The highest BCUT2D eigenvalue weighted by atomic mass is 16.6. The maximum absolute atomic E-state index is 10.9. The molecule has 0 fully saturated rings. The van der Waals surface area contributed by atoms with Gasteiger partial charge in [0.25, 0.3) is 5.88 Å². The Morgan fingerprint density at radius 2 is 2.25 bits per heavy atom. The Kier molecular flexibility index (Phi) is 3.83. The number of hydrogen-bond acceptors (Lipinski definition) is 5.